The third-order valence-corrected chi connectivity index (χ3v) is 2.53. The van der Waals surface area contributed by atoms with E-state index in [1.54, 1.807) is 18.2 Å². The molecule has 0 aliphatic carbocycles. The van der Waals surface area contributed by atoms with Crippen molar-refractivity contribution in [2.45, 2.75) is 19.8 Å². The van der Waals surface area contributed by atoms with Gasteiger partial charge in [0.25, 0.3) is 0 Å². The number of hydrogen-bond acceptors (Lipinski definition) is 2. The molecule has 5 heteroatoms. The van der Waals surface area contributed by atoms with Crippen LogP contribution in [-0.2, 0) is 17.6 Å². The second-order valence-corrected chi connectivity index (χ2v) is 3.99. The van der Waals surface area contributed by atoms with Crippen LogP contribution >= 0.6 is 0 Å². The van der Waals surface area contributed by atoms with Crippen LogP contribution in [0.5, 0.6) is 0 Å². The van der Waals surface area contributed by atoms with E-state index in [9.17, 15) is 9.18 Å². The average molecular weight is 247 g/mol. The predicted molar refractivity (Wildman–Crippen MR) is 66.7 cm³/mol. The molecule has 0 saturated heterocycles. The van der Waals surface area contributed by atoms with Gasteiger partial charge >= 0.3 is 0 Å². The first-order valence-electron chi connectivity index (χ1n) is 5.76. The van der Waals surface area contributed by atoms with Crippen LogP contribution in [0.15, 0.2) is 30.3 Å². The van der Waals surface area contributed by atoms with Gasteiger partial charge in [-0.05, 0) is 24.1 Å². The van der Waals surface area contributed by atoms with E-state index >= 15 is 0 Å². The minimum Gasteiger partial charge on any atom is -0.309 e. The highest BCUT2D eigenvalue weighted by Crippen LogP contribution is 2.08. The SMILES string of the molecule is CCc1cc(NC(=O)Cc2cccc(F)c2)n[nH]1. The van der Waals surface area contributed by atoms with Crippen molar-refractivity contribution >= 4 is 11.7 Å². The van der Waals surface area contributed by atoms with Gasteiger partial charge in [0.05, 0.1) is 6.42 Å². The van der Waals surface area contributed by atoms with Crippen LogP contribution in [0, 0.1) is 5.82 Å². The molecule has 4 nitrogen and oxygen atoms in total. The third-order valence-electron chi connectivity index (χ3n) is 2.53. The van der Waals surface area contributed by atoms with Crippen LogP contribution in [0.4, 0.5) is 10.2 Å². The molecule has 0 radical (unpaired) electrons. The highest BCUT2D eigenvalue weighted by molar-refractivity contribution is 5.91. The van der Waals surface area contributed by atoms with Gasteiger partial charge in [-0.15, -0.1) is 0 Å². The van der Waals surface area contributed by atoms with Crippen molar-refractivity contribution in [3.8, 4) is 0 Å². The fourth-order valence-electron chi connectivity index (χ4n) is 1.63. The van der Waals surface area contributed by atoms with Crippen molar-refractivity contribution in [2.24, 2.45) is 0 Å². The number of rotatable bonds is 4. The van der Waals surface area contributed by atoms with Crippen molar-refractivity contribution in [1.82, 2.24) is 10.2 Å². The van der Waals surface area contributed by atoms with E-state index in [0.29, 0.717) is 11.4 Å². The molecule has 0 saturated carbocycles. The lowest BCUT2D eigenvalue weighted by Crippen LogP contribution is -2.14. The van der Waals surface area contributed by atoms with Gasteiger partial charge < -0.3 is 5.32 Å². The summed E-state index contributed by atoms with van der Waals surface area (Å²) < 4.78 is 12.9. The Bertz CT molecular complexity index is 551. The van der Waals surface area contributed by atoms with E-state index in [4.69, 9.17) is 0 Å². The zero-order valence-corrected chi connectivity index (χ0v) is 10.0. The van der Waals surface area contributed by atoms with Crippen molar-refractivity contribution in [2.75, 3.05) is 5.32 Å². The molecule has 1 amide bonds. The van der Waals surface area contributed by atoms with Crippen LogP contribution in [0.3, 0.4) is 0 Å². The monoisotopic (exact) mass is 247 g/mol. The highest BCUT2D eigenvalue weighted by Gasteiger charge is 2.07. The molecule has 0 atom stereocenters. The minimum atomic E-state index is -0.340. The lowest BCUT2D eigenvalue weighted by Gasteiger charge is -2.02. The maximum Gasteiger partial charge on any atom is 0.229 e. The fourth-order valence-corrected chi connectivity index (χ4v) is 1.63. The Morgan fingerprint density at radius 1 is 1.44 bits per heavy atom. The first-order valence-corrected chi connectivity index (χ1v) is 5.76. The summed E-state index contributed by atoms with van der Waals surface area (Å²) in [6, 6.07) is 7.78. The Morgan fingerprint density at radius 2 is 2.28 bits per heavy atom. The number of nitrogens with zero attached hydrogens (tertiary/aromatic N) is 1. The zero-order chi connectivity index (χ0) is 13.0. The number of anilines is 1. The van der Waals surface area contributed by atoms with E-state index in [1.165, 1.54) is 12.1 Å². The van der Waals surface area contributed by atoms with Gasteiger partial charge in [0.1, 0.15) is 5.82 Å². The quantitative estimate of drug-likeness (QED) is 0.870. The van der Waals surface area contributed by atoms with Crippen molar-refractivity contribution < 1.29 is 9.18 Å². The van der Waals surface area contributed by atoms with Gasteiger partial charge in [0.2, 0.25) is 5.91 Å². The second-order valence-electron chi connectivity index (χ2n) is 3.99. The number of aromatic nitrogens is 2. The van der Waals surface area contributed by atoms with E-state index in [1.807, 2.05) is 6.92 Å². The lowest BCUT2D eigenvalue weighted by molar-refractivity contribution is -0.115. The van der Waals surface area contributed by atoms with Gasteiger partial charge in [0, 0.05) is 11.8 Å². The van der Waals surface area contributed by atoms with E-state index < -0.39 is 0 Å². The molecule has 0 unspecified atom stereocenters. The second kappa shape index (κ2) is 5.44. The summed E-state index contributed by atoms with van der Waals surface area (Å²) in [4.78, 5) is 11.7. The number of nitrogens with one attached hydrogen (secondary N) is 2. The van der Waals surface area contributed by atoms with Crippen LogP contribution in [0.25, 0.3) is 0 Å². The number of carbonyl (C=O) groups is 1. The number of carbonyl (C=O) groups excluding carboxylic acids is 1. The molecule has 2 aromatic rings. The van der Waals surface area contributed by atoms with E-state index in [-0.39, 0.29) is 18.1 Å². The van der Waals surface area contributed by atoms with E-state index in [2.05, 4.69) is 15.5 Å². The molecular weight excluding hydrogens is 233 g/mol. The van der Waals surface area contributed by atoms with E-state index in [0.717, 1.165) is 12.1 Å². The summed E-state index contributed by atoms with van der Waals surface area (Å²) in [5.41, 5.74) is 1.59. The van der Waals surface area contributed by atoms with Gasteiger partial charge in [0.15, 0.2) is 5.82 Å². The topological polar surface area (TPSA) is 57.8 Å². The molecule has 2 N–H and O–H groups in total. The van der Waals surface area contributed by atoms with Crippen LogP contribution in [0.1, 0.15) is 18.2 Å². The minimum absolute atomic E-state index is 0.131. The Hall–Kier alpha value is -2.17. The van der Waals surface area contributed by atoms with Crippen molar-refractivity contribution in [3.63, 3.8) is 0 Å². The highest BCUT2D eigenvalue weighted by atomic mass is 19.1. The van der Waals surface area contributed by atoms with Gasteiger partial charge in [-0.2, -0.15) is 5.10 Å². The number of benzene rings is 1. The molecule has 94 valence electrons. The largest absolute Gasteiger partial charge is 0.309 e. The molecule has 1 aromatic carbocycles. The average Bonchev–Trinajstić information content (AvgIpc) is 2.76. The summed E-state index contributed by atoms with van der Waals surface area (Å²) in [5, 5.41) is 9.43. The first kappa shape index (κ1) is 12.3. The molecule has 1 heterocycles. The number of halogens is 1. The Morgan fingerprint density at radius 3 is 2.94 bits per heavy atom. The van der Waals surface area contributed by atoms with Crippen molar-refractivity contribution in [3.05, 3.63) is 47.4 Å². The molecule has 0 fully saturated rings. The molecule has 0 bridgehead atoms. The summed E-state index contributed by atoms with van der Waals surface area (Å²) >= 11 is 0. The number of aryl methyl sites for hydroxylation is 1. The third kappa shape index (κ3) is 3.16. The molecule has 0 aliphatic rings. The number of H-pyrrole nitrogens is 1. The van der Waals surface area contributed by atoms with Crippen molar-refractivity contribution in [1.29, 1.82) is 0 Å². The lowest BCUT2D eigenvalue weighted by atomic mass is 10.1. The van der Waals surface area contributed by atoms with Gasteiger partial charge in [-0.3, -0.25) is 9.89 Å². The normalized spacial score (nSPS) is 10.3. The van der Waals surface area contributed by atoms with Crippen LogP contribution in [0.2, 0.25) is 0 Å². The molecule has 1 aromatic heterocycles. The Balaban J connectivity index is 1.96. The standard InChI is InChI=1S/C13H14FN3O/c1-2-11-8-12(17-16-11)15-13(18)7-9-4-3-5-10(14)6-9/h3-6,8H,2,7H2,1H3,(H2,15,16,17,18). The molecular formula is C13H14FN3O. The zero-order valence-electron chi connectivity index (χ0n) is 10.0. The molecule has 0 spiro atoms. The maximum absolute atomic E-state index is 12.9. The fraction of sp³-hybridized carbons (Fsp3) is 0.231. The van der Waals surface area contributed by atoms with Crippen LogP contribution < -0.4 is 5.32 Å². The first-order chi connectivity index (χ1) is 8.67. The Labute approximate surface area is 104 Å². The number of aromatic amines is 1. The summed E-state index contributed by atoms with van der Waals surface area (Å²) in [7, 11) is 0. The van der Waals surface area contributed by atoms with Gasteiger partial charge in [-0.1, -0.05) is 19.1 Å². The molecule has 18 heavy (non-hydrogen) atoms. The summed E-state index contributed by atoms with van der Waals surface area (Å²) in [6.45, 7) is 1.99. The van der Waals surface area contributed by atoms with Crippen LogP contribution in [-0.4, -0.2) is 16.1 Å². The maximum atomic E-state index is 12.9. The van der Waals surface area contributed by atoms with Gasteiger partial charge in [-0.25, -0.2) is 4.39 Å². The number of hydrogen-bond donors (Lipinski definition) is 2. The summed E-state index contributed by atoms with van der Waals surface area (Å²) in [6.07, 6.45) is 0.957. The number of amides is 1. The molecule has 0 aliphatic heterocycles. The summed E-state index contributed by atoms with van der Waals surface area (Å²) in [5.74, 6) is -0.0589. The smallest absolute Gasteiger partial charge is 0.229 e. The predicted octanol–water partition coefficient (Wildman–Crippen LogP) is 2.29. The molecule has 2 rings (SSSR count). The Kier molecular flexibility index (Phi) is 3.72.